The van der Waals surface area contributed by atoms with Gasteiger partial charge in [-0.05, 0) is 6.92 Å². The maximum atomic E-state index is 12.9. The van der Waals surface area contributed by atoms with Crippen molar-refractivity contribution in [3.05, 3.63) is 41.3 Å². The number of aromatic nitrogens is 2. The molecule has 1 aromatic heterocycles. The third kappa shape index (κ3) is 2.39. The van der Waals surface area contributed by atoms with Gasteiger partial charge in [-0.25, -0.2) is 4.98 Å². The van der Waals surface area contributed by atoms with E-state index in [9.17, 15) is 13.2 Å². The second-order valence-electron chi connectivity index (χ2n) is 4.12. The lowest BCUT2D eigenvalue weighted by molar-refractivity contribution is -0.140. The van der Waals surface area contributed by atoms with Crippen LogP contribution in [0.2, 0.25) is 0 Å². The van der Waals surface area contributed by atoms with Crippen molar-refractivity contribution < 1.29 is 13.2 Å². The first-order valence-corrected chi connectivity index (χ1v) is 5.65. The number of imidazole rings is 1. The predicted molar refractivity (Wildman–Crippen MR) is 63.1 cm³/mol. The maximum Gasteiger partial charge on any atom is 0.433 e. The lowest BCUT2D eigenvalue weighted by atomic mass is 10.1. The van der Waals surface area contributed by atoms with Crippen LogP contribution in [0.3, 0.4) is 0 Å². The van der Waals surface area contributed by atoms with Gasteiger partial charge in [0.2, 0.25) is 0 Å². The quantitative estimate of drug-likeness (QED) is 0.863. The fourth-order valence-electron chi connectivity index (χ4n) is 1.72. The van der Waals surface area contributed by atoms with Crippen LogP contribution in [-0.4, -0.2) is 9.97 Å². The molecule has 1 heterocycles. The van der Waals surface area contributed by atoms with Gasteiger partial charge in [-0.1, -0.05) is 36.8 Å². The molecule has 0 fully saturated rings. The average molecular weight is 254 g/mol. The Morgan fingerprint density at radius 2 is 1.78 bits per heavy atom. The SMILES string of the molecule is CCc1nc(-c2ccc(C)cc2)c(C(F)(F)F)[nH]1. The van der Waals surface area contributed by atoms with Gasteiger partial charge < -0.3 is 4.98 Å². The number of aryl methyl sites for hydroxylation is 2. The minimum Gasteiger partial charge on any atom is -0.338 e. The summed E-state index contributed by atoms with van der Waals surface area (Å²) in [5, 5.41) is 0. The summed E-state index contributed by atoms with van der Waals surface area (Å²) in [6.45, 7) is 3.65. The standard InChI is InChI=1S/C13H13F3N2/c1-3-10-17-11(12(18-10)13(14,15)16)9-6-4-8(2)5-7-9/h4-7H,3H2,1-2H3,(H,17,18). The van der Waals surface area contributed by atoms with Gasteiger partial charge in [-0.3, -0.25) is 0 Å². The van der Waals surface area contributed by atoms with Gasteiger partial charge in [0.05, 0.1) is 0 Å². The molecule has 0 aliphatic carbocycles. The van der Waals surface area contributed by atoms with Crippen LogP contribution in [0.25, 0.3) is 11.3 Å². The summed E-state index contributed by atoms with van der Waals surface area (Å²) < 4.78 is 38.7. The van der Waals surface area contributed by atoms with Gasteiger partial charge in [-0.15, -0.1) is 0 Å². The Hall–Kier alpha value is -1.78. The third-order valence-corrected chi connectivity index (χ3v) is 2.70. The van der Waals surface area contributed by atoms with E-state index in [1.165, 1.54) is 0 Å². The van der Waals surface area contributed by atoms with Crippen molar-refractivity contribution in [2.24, 2.45) is 0 Å². The first-order valence-electron chi connectivity index (χ1n) is 5.65. The van der Waals surface area contributed by atoms with Gasteiger partial charge >= 0.3 is 6.18 Å². The van der Waals surface area contributed by atoms with Gasteiger partial charge in [-0.2, -0.15) is 13.2 Å². The van der Waals surface area contributed by atoms with Crippen LogP contribution in [-0.2, 0) is 12.6 Å². The van der Waals surface area contributed by atoms with Crippen molar-refractivity contribution in [1.82, 2.24) is 9.97 Å². The minimum absolute atomic E-state index is 0.0284. The number of halogens is 3. The summed E-state index contributed by atoms with van der Waals surface area (Å²) in [5.74, 6) is 0.345. The number of nitrogens with one attached hydrogen (secondary N) is 1. The molecule has 2 aromatic rings. The van der Waals surface area contributed by atoms with Crippen LogP contribution in [0.4, 0.5) is 13.2 Å². The van der Waals surface area contributed by atoms with E-state index >= 15 is 0 Å². The molecule has 0 aliphatic heterocycles. The van der Waals surface area contributed by atoms with Crippen molar-refractivity contribution in [1.29, 1.82) is 0 Å². The molecule has 0 spiro atoms. The van der Waals surface area contributed by atoms with E-state index in [4.69, 9.17) is 0 Å². The summed E-state index contributed by atoms with van der Waals surface area (Å²) in [6.07, 6.45) is -3.98. The van der Waals surface area contributed by atoms with Gasteiger partial charge in [0, 0.05) is 12.0 Å². The minimum atomic E-state index is -4.42. The zero-order chi connectivity index (χ0) is 13.3. The van der Waals surface area contributed by atoms with Crippen LogP contribution in [0, 0.1) is 6.92 Å². The second kappa shape index (κ2) is 4.48. The first-order chi connectivity index (χ1) is 8.41. The molecule has 96 valence electrons. The Morgan fingerprint density at radius 1 is 1.17 bits per heavy atom. The lowest BCUT2D eigenvalue weighted by Gasteiger charge is -2.06. The zero-order valence-electron chi connectivity index (χ0n) is 10.1. The van der Waals surface area contributed by atoms with Gasteiger partial charge in [0.1, 0.15) is 17.2 Å². The number of benzene rings is 1. The number of aromatic amines is 1. The molecule has 1 aromatic carbocycles. The highest BCUT2D eigenvalue weighted by molar-refractivity contribution is 5.63. The summed E-state index contributed by atoms with van der Waals surface area (Å²) in [6, 6.07) is 6.85. The van der Waals surface area contributed by atoms with Crippen molar-refractivity contribution in [2.45, 2.75) is 26.4 Å². The van der Waals surface area contributed by atoms with Crippen molar-refractivity contribution >= 4 is 0 Å². The van der Waals surface area contributed by atoms with E-state index in [0.29, 0.717) is 17.8 Å². The zero-order valence-corrected chi connectivity index (χ0v) is 10.1. The van der Waals surface area contributed by atoms with Crippen LogP contribution < -0.4 is 0 Å². The summed E-state index contributed by atoms with van der Waals surface area (Å²) in [5.41, 5.74) is 0.671. The highest BCUT2D eigenvalue weighted by Gasteiger charge is 2.36. The van der Waals surface area contributed by atoms with E-state index in [0.717, 1.165) is 5.56 Å². The molecule has 0 atom stereocenters. The van der Waals surface area contributed by atoms with Crippen LogP contribution in [0.15, 0.2) is 24.3 Å². The maximum absolute atomic E-state index is 12.9. The Labute approximate surface area is 103 Å². The summed E-state index contributed by atoms with van der Waals surface area (Å²) in [4.78, 5) is 6.37. The summed E-state index contributed by atoms with van der Waals surface area (Å²) in [7, 11) is 0. The molecular weight excluding hydrogens is 241 g/mol. The fourth-order valence-corrected chi connectivity index (χ4v) is 1.72. The molecule has 0 radical (unpaired) electrons. The van der Waals surface area contributed by atoms with Crippen LogP contribution >= 0.6 is 0 Å². The van der Waals surface area contributed by atoms with Crippen molar-refractivity contribution in [3.63, 3.8) is 0 Å². The monoisotopic (exact) mass is 254 g/mol. The molecule has 0 saturated heterocycles. The second-order valence-corrected chi connectivity index (χ2v) is 4.12. The largest absolute Gasteiger partial charge is 0.433 e. The number of hydrogen-bond acceptors (Lipinski definition) is 1. The molecule has 0 amide bonds. The Bertz CT molecular complexity index is 538. The molecule has 0 aliphatic rings. The predicted octanol–water partition coefficient (Wildman–Crippen LogP) is 3.97. The fraction of sp³-hybridized carbons (Fsp3) is 0.308. The Morgan fingerprint density at radius 3 is 2.28 bits per heavy atom. The summed E-state index contributed by atoms with van der Waals surface area (Å²) >= 11 is 0. The van der Waals surface area contributed by atoms with E-state index in [2.05, 4.69) is 9.97 Å². The highest BCUT2D eigenvalue weighted by Crippen LogP contribution is 2.35. The van der Waals surface area contributed by atoms with Crippen LogP contribution in [0.5, 0.6) is 0 Å². The highest BCUT2D eigenvalue weighted by atomic mass is 19.4. The normalized spacial score (nSPS) is 11.8. The van der Waals surface area contributed by atoms with E-state index in [1.807, 2.05) is 6.92 Å². The van der Waals surface area contributed by atoms with Gasteiger partial charge in [0.25, 0.3) is 0 Å². The first kappa shape index (κ1) is 12.7. The number of nitrogens with zero attached hydrogens (tertiary/aromatic N) is 1. The molecular formula is C13H13F3N2. The molecule has 18 heavy (non-hydrogen) atoms. The Balaban J connectivity index is 2.55. The lowest BCUT2D eigenvalue weighted by Crippen LogP contribution is -2.07. The number of hydrogen-bond donors (Lipinski definition) is 1. The topological polar surface area (TPSA) is 28.7 Å². The average Bonchev–Trinajstić information content (AvgIpc) is 2.74. The molecule has 1 N–H and O–H groups in total. The molecule has 0 unspecified atom stereocenters. The van der Waals surface area contributed by atoms with Crippen molar-refractivity contribution in [3.8, 4) is 11.3 Å². The molecule has 2 nitrogen and oxygen atoms in total. The smallest absolute Gasteiger partial charge is 0.338 e. The van der Waals surface area contributed by atoms with Gasteiger partial charge in [0.15, 0.2) is 0 Å². The molecule has 0 bridgehead atoms. The third-order valence-electron chi connectivity index (χ3n) is 2.70. The number of alkyl halides is 3. The number of rotatable bonds is 2. The van der Waals surface area contributed by atoms with E-state index in [1.54, 1.807) is 31.2 Å². The van der Waals surface area contributed by atoms with Crippen molar-refractivity contribution in [2.75, 3.05) is 0 Å². The number of H-pyrrole nitrogens is 1. The van der Waals surface area contributed by atoms with E-state index in [-0.39, 0.29) is 5.69 Å². The Kier molecular flexibility index (Phi) is 3.15. The molecule has 0 saturated carbocycles. The molecule has 5 heteroatoms. The molecule has 2 rings (SSSR count). The van der Waals surface area contributed by atoms with E-state index < -0.39 is 11.9 Å². The van der Waals surface area contributed by atoms with Crippen LogP contribution in [0.1, 0.15) is 24.0 Å².